The number of rotatable bonds is 4. The third-order valence-corrected chi connectivity index (χ3v) is 1.81. The summed E-state index contributed by atoms with van der Waals surface area (Å²) in [4.78, 5) is 17.5. The smallest absolute Gasteiger partial charge is 0.305 e. The predicted molar refractivity (Wildman–Crippen MR) is 46.8 cm³/mol. The van der Waals surface area contributed by atoms with E-state index in [0.717, 1.165) is 5.69 Å². The monoisotopic (exact) mass is 183 g/mol. The number of hydrogen-bond donors (Lipinski definition) is 2. The fourth-order valence-electron chi connectivity index (χ4n) is 1.00. The zero-order valence-electron chi connectivity index (χ0n) is 7.49. The molecule has 1 rings (SSSR count). The van der Waals surface area contributed by atoms with E-state index in [1.807, 2.05) is 0 Å². The average molecular weight is 183 g/mol. The van der Waals surface area contributed by atoms with Crippen molar-refractivity contribution in [1.29, 1.82) is 0 Å². The van der Waals surface area contributed by atoms with Gasteiger partial charge in [-0.1, -0.05) is 0 Å². The van der Waals surface area contributed by atoms with Crippen molar-refractivity contribution >= 4 is 5.97 Å². The molecule has 5 heteroatoms. The van der Waals surface area contributed by atoms with E-state index in [4.69, 9.17) is 5.73 Å². The van der Waals surface area contributed by atoms with Crippen molar-refractivity contribution in [2.45, 2.75) is 18.9 Å². The third-order valence-electron chi connectivity index (χ3n) is 1.81. The van der Waals surface area contributed by atoms with Gasteiger partial charge >= 0.3 is 5.97 Å². The number of aromatic amines is 1. The number of esters is 1. The highest BCUT2D eigenvalue weighted by Gasteiger charge is 2.09. The molecule has 0 saturated heterocycles. The first kappa shape index (κ1) is 9.73. The number of carbonyl (C=O) groups is 1. The van der Waals surface area contributed by atoms with E-state index in [2.05, 4.69) is 14.7 Å². The molecule has 0 saturated carbocycles. The molecule has 1 unspecified atom stereocenters. The maximum absolute atomic E-state index is 10.8. The number of aromatic nitrogens is 2. The summed E-state index contributed by atoms with van der Waals surface area (Å²) >= 11 is 0. The highest BCUT2D eigenvalue weighted by molar-refractivity contribution is 5.69. The Morgan fingerprint density at radius 2 is 2.62 bits per heavy atom. The van der Waals surface area contributed by atoms with Crippen LogP contribution in [0.15, 0.2) is 12.5 Å². The lowest BCUT2D eigenvalue weighted by Crippen LogP contribution is -2.13. The molecule has 0 aromatic carbocycles. The Morgan fingerprint density at radius 3 is 3.15 bits per heavy atom. The predicted octanol–water partition coefficient (Wildman–Crippen LogP) is 0.363. The van der Waals surface area contributed by atoms with Gasteiger partial charge in [0.25, 0.3) is 0 Å². The molecular weight excluding hydrogens is 170 g/mol. The Kier molecular flexibility index (Phi) is 3.45. The minimum Gasteiger partial charge on any atom is -0.469 e. The third kappa shape index (κ3) is 2.87. The quantitative estimate of drug-likeness (QED) is 0.660. The van der Waals surface area contributed by atoms with Crippen molar-refractivity contribution in [3.8, 4) is 0 Å². The molecule has 0 aliphatic heterocycles. The van der Waals surface area contributed by atoms with Crippen LogP contribution in [0.4, 0.5) is 0 Å². The minimum absolute atomic E-state index is 0.179. The molecule has 0 bridgehead atoms. The molecule has 0 aliphatic rings. The molecule has 1 aromatic heterocycles. The fraction of sp³-hybridized carbons (Fsp3) is 0.500. The van der Waals surface area contributed by atoms with Crippen molar-refractivity contribution in [1.82, 2.24) is 9.97 Å². The number of ether oxygens (including phenoxy) is 1. The van der Waals surface area contributed by atoms with Crippen LogP contribution in [0.5, 0.6) is 0 Å². The molecule has 5 nitrogen and oxygen atoms in total. The largest absolute Gasteiger partial charge is 0.469 e. The van der Waals surface area contributed by atoms with E-state index in [0.29, 0.717) is 12.8 Å². The van der Waals surface area contributed by atoms with Crippen LogP contribution in [-0.2, 0) is 9.53 Å². The van der Waals surface area contributed by atoms with Gasteiger partial charge in [0.1, 0.15) is 0 Å². The van der Waals surface area contributed by atoms with Crippen LogP contribution in [0.1, 0.15) is 24.6 Å². The van der Waals surface area contributed by atoms with Crippen molar-refractivity contribution in [2.75, 3.05) is 7.11 Å². The molecule has 0 fully saturated rings. The lowest BCUT2D eigenvalue weighted by Gasteiger charge is -2.07. The SMILES string of the molecule is COC(=O)CCC(N)c1cnc[nH]1. The Bertz CT molecular complexity index is 258. The van der Waals surface area contributed by atoms with Gasteiger partial charge in [0, 0.05) is 18.7 Å². The van der Waals surface area contributed by atoms with Crippen LogP contribution >= 0.6 is 0 Å². The summed E-state index contributed by atoms with van der Waals surface area (Å²) in [5.74, 6) is -0.241. The van der Waals surface area contributed by atoms with Crippen LogP contribution in [0.3, 0.4) is 0 Å². The number of methoxy groups -OCH3 is 1. The van der Waals surface area contributed by atoms with E-state index in [9.17, 15) is 4.79 Å². The molecular formula is C8H13N3O2. The van der Waals surface area contributed by atoms with Crippen molar-refractivity contribution < 1.29 is 9.53 Å². The fourth-order valence-corrected chi connectivity index (χ4v) is 1.00. The van der Waals surface area contributed by atoms with E-state index >= 15 is 0 Å². The molecule has 72 valence electrons. The molecule has 0 amide bonds. The van der Waals surface area contributed by atoms with E-state index in [1.54, 1.807) is 12.5 Å². The highest BCUT2D eigenvalue weighted by atomic mass is 16.5. The highest BCUT2D eigenvalue weighted by Crippen LogP contribution is 2.12. The Balaban J connectivity index is 2.34. The van der Waals surface area contributed by atoms with E-state index < -0.39 is 0 Å². The van der Waals surface area contributed by atoms with Gasteiger partial charge in [0.15, 0.2) is 0 Å². The Hall–Kier alpha value is -1.36. The van der Waals surface area contributed by atoms with Crippen LogP contribution in [0, 0.1) is 0 Å². The number of nitrogens with one attached hydrogen (secondary N) is 1. The Morgan fingerprint density at radius 1 is 1.85 bits per heavy atom. The molecule has 1 aromatic rings. The van der Waals surface area contributed by atoms with Gasteiger partial charge in [-0.25, -0.2) is 4.98 Å². The van der Waals surface area contributed by atoms with Crippen LogP contribution < -0.4 is 5.73 Å². The molecule has 0 spiro atoms. The standard InChI is InChI=1S/C8H13N3O2/c1-13-8(12)3-2-6(9)7-4-10-5-11-7/h4-6H,2-3,9H2,1H3,(H,10,11). The average Bonchev–Trinajstić information content (AvgIpc) is 2.66. The number of nitrogens with two attached hydrogens (primary N) is 1. The Labute approximate surface area is 76.3 Å². The van der Waals surface area contributed by atoms with Gasteiger partial charge in [-0.2, -0.15) is 0 Å². The van der Waals surface area contributed by atoms with Gasteiger partial charge in [-0.05, 0) is 6.42 Å². The second-order valence-corrected chi connectivity index (χ2v) is 2.73. The first-order chi connectivity index (χ1) is 6.24. The van der Waals surface area contributed by atoms with Crippen molar-refractivity contribution in [2.24, 2.45) is 5.73 Å². The molecule has 1 heterocycles. The van der Waals surface area contributed by atoms with E-state index in [1.165, 1.54) is 7.11 Å². The summed E-state index contributed by atoms with van der Waals surface area (Å²) in [7, 11) is 1.37. The zero-order valence-corrected chi connectivity index (χ0v) is 7.49. The second-order valence-electron chi connectivity index (χ2n) is 2.73. The number of carbonyl (C=O) groups excluding carboxylic acids is 1. The first-order valence-corrected chi connectivity index (χ1v) is 4.04. The topological polar surface area (TPSA) is 81.0 Å². The van der Waals surface area contributed by atoms with Crippen LogP contribution in [0.2, 0.25) is 0 Å². The second kappa shape index (κ2) is 4.61. The summed E-state index contributed by atoms with van der Waals surface area (Å²) in [5.41, 5.74) is 6.60. The van der Waals surface area contributed by atoms with Gasteiger partial charge in [-0.3, -0.25) is 4.79 Å². The maximum Gasteiger partial charge on any atom is 0.305 e. The summed E-state index contributed by atoms with van der Waals surface area (Å²) < 4.78 is 4.50. The number of hydrogen-bond acceptors (Lipinski definition) is 4. The molecule has 13 heavy (non-hydrogen) atoms. The van der Waals surface area contributed by atoms with E-state index in [-0.39, 0.29) is 12.0 Å². The summed E-state index contributed by atoms with van der Waals surface area (Å²) in [5, 5.41) is 0. The number of nitrogens with zero attached hydrogens (tertiary/aromatic N) is 1. The normalized spacial score (nSPS) is 12.5. The lowest BCUT2D eigenvalue weighted by molar-refractivity contribution is -0.140. The summed E-state index contributed by atoms with van der Waals surface area (Å²) in [6, 6.07) is -0.179. The van der Waals surface area contributed by atoms with Gasteiger partial charge in [-0.15, -0.1) is 0 Å². The first-order valence-electron chi connectivity index (χ1n) is 4.04. The summed E-state index contributed by atoms with van der Waals surface area (Å²) in [6.45, 7) is 0. The molecule has 0 aliphatic carbocycles. The van der Waals surface area contributed by atoms with Crippen molar-refractivity contribution in [3.05, 3.63) is 18.2 Å². The van der Waals surface area contributed by atoms with Crippen LogP contribution in [0.25, 0.3) is 0 Å². The van der Waals surface area contributed by atoms with Gasteiger partial charge in [0.2, 0.25) is 0 Å². The lowest BCUT2D eigenvalue weighted by atomic mass is 10.1. The van der Waals surface area contributed by atoms with Gasteiger partial charge in [0.05, 0.1) is 19.1 Å². The molecule has 0 radical (unpaired) electrons. The maximum atomic E-state index is 10.8. The number of H-pyrrole nitrogens is 1. The van der Waals surface area contributed by atoms with Gasteiger partial charge < -0.3 is 15.5 Å². The van der Waals surface area contributed by atoms with Crippen molar-refractivity contribution in [3.63, 3.8) is 0 Å². The van der Waals surface area contributed by atoms with Crippen LogP contribution in [-0.4, -0.2) is 23.0 Å². The molecule has 1 atom stereocenters. The number of imidazole rings is 1. The summed E-state index contributed by atoms with van der Waals surface area (Å²) in [6.07, 6.45) is 4.11. The minimum atomic E-state index is -0.241. The molecule has 3 N–H and O–H groups in total. The zero-order chi connectivity index (χ0) is 9.68.